The first-order valence-electron chi connectivity index (χ1n) is 18.1. The molecule has 4 nitrogen and oxygen atoms in total. The molecule has 10 rings (SSSR count). The van der Waals surface area contributed by atoms with Gasteiger partial charge in [-0.1, -0.05) is 147 Å². The van der Waals surface area contributed by atoms with Crippen LogP contribution in [0.4, 0.5) is 0 Å². The average molecular weight is 669 g/mol. The van der Waals surface area contributed by atoms with E-state index in [1.165, 1.54) is 55.7 Å². The Hall–Kier alpha value is -6.39. The maximum Gasteiger partial charge on any atom is 0.164 e. The second kappa shape index (κ2) is 11.9. The van der Waals surface area contributed by atoms with Crippen molar-refractivity contribution in [3.05, 3.63) is 174 Å². The Morgan fingerprint density at radius 2 is 1.08 bits per heavy atom. The van der Waals surface area contributed by atoms with Crippen molar-refractivity contribution in [1.82, 2.24) is 19.5 Å². The summed E-state index contributed by atoms with van der Waals surface area (Å²) in [5, 5.41) is 1.36. The number of fused-ring (bicyclic) bond motifs is 6. The Kier molecular flexibility index (Phi) is 6.94. The van der Waals surface area contributed by atoms with Crippen LogP contribution < -0.4 is 0 Å². The van der Waals surface area contributed by atoms with Crippen molar-refractivity contribution in [3.8, 4) is 62.1 Å². The zero-order chi connectivity index (χ0) is 34.8. The monoisotopic (exact) mass is 668 g/mol. The maximum atomic E-state index is 4.96. The van der Waals surface area contributed by atoms with Gasteiger partial charge in [0, 0.05) is 38.7 Å². The summed E-state index contributed by atoms with van der Waals surface area (Å²) < 4.78 is 2.51. The smallest absolute Gasteiger partial charge is 0.164 e. The normalized spacial score (nSPS) is 13.9. The topological polar surface area (TPSA) is 43.6 Å². The highest BCUT2D eigenvalue weighted by Crippen LogP contribution is 2.51. The summed E-state index contributed by atoms with van der Waals surface area (Å²) in [5.74, 6) is 1.98. The lowest BCUT2D eigenvalue weighted by atomic mass is 9.82. The van der Waals surface area contributed by atoms with E-state index in [0.717, 1.165) is 35.1 Å². The van der Waals surface area contributed by atoms with Gasteiger partial charge in [-0.25, -0.2) is 15.0 Å². The molecule has 0 spiro atoms. The molecule has 0 fully saturated rings. The third-order valence-corrected chi connectivity index (χ3v) is 11.0. The van der Waals surface area contributed by atoms with Gasteiger partial charge in [0.1, 0.15) is 0 Å². The summed E-state index contributed by atoms with van der Waals surface area (Å²) in [4.78, 5) is 14.8. The Morgan fingerprint density at radius 1 is 0.519 bits per heavy atom. The Balaban J connectivity index is 1.10. The van der Waals surface area contributed by atoms with Crippen molar-refractivity contribution in [2.45, 2.75) is 32.1 Å². The van der Waals surface area contributed by atoms with Crippen LogP contribution in [0.25, 0.3) is 79.1 Å². The van der Waals surface area contributed by atoms with Gasteiger partial charge in [0.15, 0.2) is 17.5 Å². The van der Waals surface area contributed by atoms with Crippen molar-refractivity contribution in [1.29, 1.82) is 0 Å². The minimum absolute atomic E-state index is 0.0727. The number of benzene rings is 6. The molecule has 6 aromatic carbocycles. The fourth-order valence-electron chi connectivity index (χ4n) is 8.33. The van der Waals surface area contributed by atoms with Crippen LogP contribution in [0, 0.1) is 0 Å². The molecule has 248 valence electrons. The summed E-state index contributed by atoms with van der Waals surface area (Å²) >= 11 is 0. The Morgan fingerprint density at radius 3 is 1.75 bits per heavy atom. The number of allylic oxidation sites excluding steroid dienone is 1. The second-order valence-electron chi connectivity index (χ2n) is 14.4. The van der Waals surface area contributed by atoms with Gasteiger partial charge < -0.3 is 4.57 Å². The van der Waals surface area contributed by atoms with Gasteiger partial charge in [0.25, 0.3) is 0 Å². The van der Waals surface area contributed by atoms with Crippen molar-refractivity contribution >= 4 is 17.0 Å². The van der Waals surface area contributed by atoms with E-state index in [1.807, 2.05) is 60.7 Å². The molecule has 0 N–H and O–H groups in total. The lowest BCUT2D eigenvalue weighted by Crippen LogP contribution is -2.15. The maximum absolute atomic E-state index is 4.96. The van der Waals surface area contributed by atoms with Gasteiger partial charge in [-0.2, -0.15) is 0 Å². The highest BCUT2D eigenvalue weighted by atomic mass is 15.0. The fourth-order valence-corrected chi connectivity index (χ4v) is 8.33. The van der Waals surface area contributed by atoms with Crippen LogP contribution >= 0.6 is 0 Å². The van der Waals surface area contributed by atoms with Crippen LogP contribution in [0.1, 0.15) is 42.7 Å². The van der Waals surface area contributed by atoms with E-state index in [4.69, 9.17) is 15.0 Å². The molecule has 2 heterocycles. The largest absolute Gasteiger partial charge is 0.309 e. The molecule has 0 bridgehead atoms. The molecule has 2 aliphatic carbocycles. The molecule has 2 aliphatic rings. The van der Waals surface area contributed by atoms with Crippen molar-refractivity contribution in [2.24, 2.45) is 0 Å². The molecule has 0 saturated carbocycles. The standard InChI is InChI=1S/C48H36N4/c1-48(2)40-22-12-9-20-36(40)38-29-39-37-21-11-14-24-43(37)52(44(39)30-41(38)48)42-23-13-10-19-35(42)31-25-27-34(28-26-31)47-50-45(32-15-5-3-6-16-32)49-46(51-47)33-17-7-4-8-18-33/h3-10,12-20,22-30H,11,21H2,1-2H3. The van der Waals surface area contributed by atoms with Crippen LogP contribution in [0.5, 0.6) is 0 Å². The number of aryl methyl sites for hydroxylation is 1. The molecule has 0 amide bonds. The molecule has 0 atom stereocenters. The Labute approximate surface area is 303 Å². The molecular formula is C48H36N4. The number of rotatable bonds is 5. The summed E-state index contributed by atoms with van der Waals surface area (Å²) in [6, 6.07) is 51.6. The predicted molar refractivity (Wildman–Crippen MR) is 213 cm³/mol. The summed E-state index contributed by atoms with van der Waals surface area (Å²) in [6.45, 7) is 4.73. The van der Waals surface area contributed by atoms with E-state index in [-0.39, 0.29) is 5.41 Å². The number of hydrogen-bond acceptors (Lipinski definition) is 3. The van der Waals surface area contributed by atoms with E-state index >= 15 is 0 Å². The fraction of sp³-hybridized carbons (Fsp3) is 0.104. The molecule has 0 unspecified atom stereocenters. The average Bonchev–Trinajstić information content (AvgIpc) is 3.65. The highest BCUT2D eigenvalue weighted by molar-refractivity contribution is 5.98. The molecule has 2 aromatic heterocycles. The number of aromatic nitrogens is 4. The van der Waals surface area contributed by atoms with Gasteiger partial charge in [-0.05, 0) is 70.5 Å². The van der Waals surface area contributed by atoms with Crippen LogP contribution in [0.3, 0.4) is 0 Å². The van der Waals surface area contributed by atoms with Crippen molar-refractivity contribution in [3.63, 3.8) is 0 Å². The second-order valence-corrected chi connectivity index (χ2v) is 14.4. The lowest BCUT2D eigenvalue weighted by molar-refractivity contribution is 0.661. The first-order chi connectivity index (χ1) is 25.5. The predicted octanol–water partition coefficient (Wildman–Crippen LogP) is 11.7. The number of nitrogens with zero attached hydrogens (tertiary/aromatic N) is 4. The number of para-hydroxylation sites is 1. The third-order valence-electron chi connectivity index (χ3n) is 11.0. The minimum Gasteiger partial charge on any atom is -0.309 e. The first kappa shape index (κ1) is 30.4. The van der Waals surface area contributed by atoms with Crippen molar-refractivity contribution < 1.29 is 0 Å². The van der Waals surface area contributed by atoms with E-state index < -0.39 is 0 Å². The molecule has 52 heavy (non-hydrogen) atoms. The molecule has 8 aromatic rings. The molecular weight excluding hydrogens is 633 g/mol. The summed E-state index contributed by atoms with van der Waals surface area (Å²) in [5.41, 5.74) is 15.8. The Bertz CT molecular complexity index is 2630. The van der Waals surface area contributed by atoms with Gasteiger partial charge in [0.05, 0.1) is 11.2 Å². The van der Waals surface area contributed by atoms with Crippen LogP contribution in [-0.4, -0.2) is 19.5 Å². The van der Waals surface area contributed by atoms with Gasteiger partial charge in [-0.3, -0.25) is 0 Å². The van der Waals surface area contributed by atoms with E-state index in [0.29, 0.717) is 17.5 Å². The molecule has 4 heteroatoms. The molecule has 0 aliphatic heterocycles. The van der Waals surface area contributed by atoms with E-state index in [2.05, 4.69) is 115 Å². The highest BCUT2D eigenvalue weighted by Gasteiger charge is 2.36. The van der Waals surface area contributed by atoms with Crippen LogP contribution in [0.2, 0.25) is 0 Å². The lowest BCUT2D eigenvalue weighted by Gasteiger charge is -2.22. The summed E-state index contributed by atoms with van der Waals surface area (Å²) in [7, 11) is 0. The van der Waals surface area contributed by atoms with Gasteiger partial charge in [0.2, 0.25) is 0 Å². The van der Waals surface area contributed by atoms with Crippen molar-refractivity contribution in [2.75, 3.05) is 0 Å². The first-order valence-corrected chi connectivity index (χ1v) is 18.1. The zero-order valence-electron chi connectivity index (χ0n) is 29.2. The molecule has 0 saturated heterocycles. The SMILES string of the molecule is CC1(C)c2ccccc2-c2cc3c4c(n(-c5ccccc5-c5ccc(-c6nc(-c7ccccc7)nc(-c7ccccc7)n6)cc5)c3cc21)C=CCC4. The van der Waals surface area contributed by atoms with E-state index in [9.17, 15) is 0 Å². The number of hydrogen-bond donors (Lipinski definition) is 0. The molecule has 0 radical (unpaired) electrons. The third kappa shape index (κ3) is 4.79. The van der Waals surface area contributed by atoms with Gasteiger partial charge >= 0.3 is 0 Å². The quantitative estimate of drug-likeness (QED) is 0.183. The van der Waals surface area contributed by atoms with Gasteiger partial charge in [-0.15, -0.1) is 0 Å². The van der Waals surface area contributed by atoms with Crippen LogP contribution in [0.15, 0.2) is 152 Å². The zero-order valence-corrected chi connectivity index (χ0v) is 29.2. The minimum atomic E-state index is -0.0727. The van der Waals surface area contributed by atoms with Crippen LogP contribution in [-0.2, 0) is 11.8 Å². The summed E-state index contributed by atoms with van der Waals surface area (Å²) in [6.07, 6.45) is 6.75. The van der Waals surface area contributed by atoms with E-state index in [1.54, 1.807) is 0 Å².